The minimum absolute atomic E-state index is 0.211. The van der Waals surface area contributed by atoms with Gasteiger partial charge in [0.1, 0.15) is 54.8 Å². The van der Waals surface area contributed by atoms with Crippen LogP contribution >= 0.6 is 0 Å². The molecule has 1 aromatic carbocycles. The normalized spacial score (nSPS) is 41.4. The van der Waals surface area contributed by atoms with Crippen molar-refractivity contribution in [3.63, 3.8) is 0 Å². The van der Waals surface area contributed by atoms with Crippen molar-refractivity contribution in [3.05, 3.63) is 29.8 Å². The van der Waals surface area contributed by atoms with Crippen molar-refractivity contribution >= 4 is 18.2 Å². The Labute approximate surface area is 262 Å². The van der Waals surface area contributed by atoms with E-state index in [0.29, 0.717) is 6.29 Å². The summed E-state index contributed by atoms with van der Waals surface area (Å²) >= 11 is 0. The van der Waals surface area contributed by atoms with E-state index in [1.165, 1.54) is 6.92 Å². The first-order chi connectivity index (χ1) is 21.8. The number of aliphatic hydroxyl groups is 6. The molecule has 18 nitrogen and oxygen atoms in total. The third kappa shape index (κ3) is 7.64. The molecule has 3 saturated heterocycles. The van der Waals surface area contributed by atoms with Gasteiger partial charge in [0.05, 0.1) is 25.3 Å². The molecule has 3 fully saturated rings. The molecule has 0 radical (unpaired) electrons. The zero-order valence-electron chi connectivity index (χ0n) is 24.7. The molecule has 3 heterocycles. The van der Waals surface area contributed by atoms with Gasteiger partial charge in [0.25, 0.3) is 0 Å². The fourth-order valence-corrected chi connectivity index (χ4v) is 5.49. The zero-order valence-corrected chi connectivity index (χ0v) is 24.7. The number of rotatable bonds is 12. The van der Waals surface area contributed by atoms with Gasteiger partial charge < -0.3 is 79.4 Å². The molecule has 4 rings (SSSR count). The Morgan fingerprint density at radius 2 is 1.39 bits per heavy atom. The van der Waals surface area contributed by atoms with E-state index in [4.69, 9.17) is 28.4 Å². The Bertz CT molecular complexity index is 1190. The minimum Gasteiger partial charge on any atom is -0.479 e. The molecule has 0 spiro atoms. The summed E-state index contributed by atoms with van der Waals surface area (Å²) in [4.78, 5) is 35.1. The second-order valence-electron chi connectivity index (χ2n) is 11.3. The number of nitrogens with one attached hydrogen (secondary N) is 1. The number of carboxylic acids is 2. The molecule has 3 aliphatic rings. The van der Waals surface area contributed by atoms with E-state index < -0.39 is 117 Å². The molecular formula is C28H39NO17. The summed E-state index contributed by atoms with van der Waals surface area (Å²) in [6.45, 7) is 1.86. The number of hydrogen-bond acceptors (Lipinski definition) is 16. The molecule has 0 aliphatic carbocycles. The van der Waals surface area contributed by atoms with Crippen molar-refractivity contribution < 1.29 is 83.7 Å². The fraction of sp³-hybridized carbons (Fsp3) is 0.679. The maximum atomic E-state index is 12.2. The first-order valence-corrected chi connectivity index (χ1v) is 14.4. The maximum absolute atomic E-state index is 12.2. The standard InChI is InChI=1S/C28H39NO17/c1-10-3-5-12(6-4-10)41-27-19(36)17(34)22(23(46-27)25(39)40)45-26-14(29-7-8-30)16(33)21(13(9-31)42-26)44-28-18(35)15(32)11(2)20(43-28)24(37)38/h3-6,8,11,13-23,26-29,31-36H,7,9H2,1-2H3,(H,37,38)(H,39,40)/t11-,13?,14?,15+,16+,17+,18?,19?,20?,21+,22-,23?,26+,27+,28-/m0/s1. The van der Waals surface area contributed by atoms with Crippen LogP contribution in [0.25, 0.3) is 0 Å². The molecule has 3 aliphatic heterocycles. The Morgan fingerprint density at radius 1 is 0.804 bits per heavy atom. The second-order valence-corrected chi connectivity index (χ2v) is 11.3. The Kier molecular flexibility index (Phi) is 12.0. The summed E-state index contributed by atoms with van der Waals surface area (Å²) in [5.74, 6) is -3.91. The van der Waals surface area contributed by atoms with Gasteiger partial charge >= 0.3 is 11.9 Å². The van der Waals surface area contributed by atoms with Gasteiger partial charge in [0.2, 0.25) is 6.29 Å². The van der Waals surface area contributed by atoms with Crippen LogP contribution in [0.4, 0.5) is 0 Å². The average molecular weight is 662 g/mol. The van der Waals surface area contributed by atoms with E-state index in [-0.39, 0.29) is 5.75 Å². The Morgan fingerprint density at radius 3 is 1.98 bits per heavy atom. The summed E-state index contributed by atoms with van der Waals surface area (Å²) in [6.07, 6.45) is -22.3. The number of carboxylic acid groups (broad SMARTS) is 2. The highest BCUT2D eigenvalue weighted by atomic mass is 16.8. The van der Waals surface area contributed by atoms with Crippen molar-refractivity contribution in [1.82, 2.24) is 5.32 Å². The van der Waals surface area contributed by atoms with Crippen molar-refractivity contribution in [3.8, 4) is 5.75 Å². The lowest BCUT2D eigenvalue weighted by Gasteiger charge is -2.49. The third-order valence-electron chi connectivity index (χ3n) is 8.10. The average Bonchev–Trinajstić information content (AvgIpc) is 3.02. The number of aliphatic carboxylic acids is 2. The van der Waals surface area contributed by atoms with Crippen molar-refractivity contribution in [2.75, 3.05) is 13.2 Å². The highest BCUT2D eigenvalue weighted by Gasteiger charge is 2.55. The van der Waals surface area contributed by atoms with E-state index in [1.54, 1.807) is 24.3 Å². The minimum atomic E-state index is -1.96. The Balaban J connectivity index is 1.54. The molecule has 0 bridgehead atoms. The largest absolute Gasteiger partial charge is 0.479 e. The first kappa shape index (κ1) is 36.0. The fourth-order valence-electron chi connectivity index (χ4n) is 5.49. The quantitative estimate of drug-likeness (QED) is 0.0967. The number of aldehydes is 1. The lowest BCUT2D eigenvalue weighted by Crippen LogP contribution is -2.69. The Hall–Kier alpha value is -2.85. The molecule has 18 heteroatoms. The van der Waals surface area contributed by atoms with Crippen LogP contribution in [0.3, 0.4) is 0 Å². The molecule has 1 aromatic rings. The van der Waals surface area contributed by atoms with Crippen LogP contribution in [0, 0.1) is 12.8 Å². The summed E-state index contributed by atoms with van der Waals surface area (Å²) < 4.78 is 33.5. The van der Waals surface area contributed by atoms with Crippen LogP contribution < -0.4 is 10.1 Å². The van der Waals surface area contributed by atoms with Gasteiger partial charge in [-0.05, 0) is 19.1 Å². The molecule has 0 saturated carbocycles. The second kappa shape index (κ2) is 15.4. The SMILES string of the molecule is Cc1ccc(O[C@@H]2OC(C(=O)O)[C@@H](O[C@H]3OC(CO)[C@@H](O[C@@H]4OC(C(=O)O)[C@@H](C)[C@@H](O)C4O)[C@H](O)C3NCC=O)[C@H](O)C2O)cc1. The van der Waals surface area contributed by atoms with Gasteiger partial charge in [-0.15, -0.1) is 0 Å². The van der Waals surface area contributed by atoms with E-state index in [0.717, 1.165) is 5.56 Å². The van der Waals surface area contributed by atoms with Crippen LogP contribution in [0.5, 0.6) is 5.75 Å². The third-order valence-corrected chi connectivity index (χ3v) is 8.10. The van der Waals surface area contributed by atoms with E-state index in [9.17, 15) is 55.2 Å². The summed E-state index contributed by atoms with van der Waals surface area (Å²) in [5.41, 5.74) is 0.898. The number of aliphatic hydroxyl groups excluding tert-OH is 6. The topological polar surface area (TPSA) is 280 Å². The number of carbonyl (C=O) groups excluding carboxylic acids is 1. The van der Waals surface area contributed by atoms with Gasteiger partial charge in [0, 0.05) is 5.92 Å². The van der Waals surface area contributed by atoms with Crippen molar-refractivity contribution in [2.45, 2.75) is 99.8 Å². The monoisotopic (exact) mass is 661 g/mol. The van der Waals surface area contributed by atoms with E-state index in [1.807, 2.05) is 6.92 Å². The van der Waals surface area contributed by atoms with Gasteiger partial charge in [0.15, 0.2) is 24.8 Å². The first-order valence-electron chi connectivity index (χ1n) is 14.4. The predicted octanol–water partition coefficient (Wildman–Crippen LogP) is -3.92. The molecule has 46 heavy (non-hydrogen) atoms. The summed E-state index contributed by atoms with van der Waals surface area (Å²) in [6, 6.07) is 5.03. The summed E-state index contributed by atoms with van der Waals surface area (Å²) in [5, 5.41) is 86.0. The molecule has 258 valence electrons. The molecule has 0 aromatic heterocycles. The van der Waals surface area contributed by atoms with Crippen LogP contribution in [-0.4, -0.2) is 158 Å². The zero-order chi connectivity index (χ0) is 33.9. The van der Waals surface area contributed by atoms with Gasteiger partial charge in [-0.2, -0.15) is 0 Å². The molecule has 0 amide bonds. The number of aryl methyl sites for hydroxylation is 1. The van der Waals surface area contributed by atoms with Crippen molar-refractivity contribution in [2.24, 2.45) is 5.92 Å². The lowest BCUT2D eigenvalue weighted by molar-refractivity contribution is -0.357. The van der Waals surface area contributed by atoms with Crippen LogP contribution in [0.15, 0.2) is 24.3 Å². The van der Waals surface area contributed by atoms with Crippen molar-refractivity contribution in [1.29, 1.82) is 0 Å². The number of hydrogen-bond donors (Lipinski definition) is 9. The number of ether oxygens (including phenoxy) is 6. The highest BCUT2D eigenvalue weighted by molar-refractivity contribution is 5.73. The lowest BCUT2D eigenvalue weighted by atomic mass is 9.90. The number of carbonyl (C=O) groups is 3. The number of benzene rings is 1. The maximum Gasteiger partial charge on any atom is 0.335 e. The summed E-state index contributed by atoms with van der Waals surface area (Å²) in [7, 11) is 0. The van der Waals surface area contributed by atoms with Gasteiger partial charge in [-0.3, -0.25) is 0 Å². The smallest absolute Gasteiger partial charge is 0.335 e. The van der Waals surface area contributed by atoms with Crippen LogP contribution in [0.1, 0.15) is 12.5 Å². The van der Waals surface area contributed by atoms with Crippen LogP contribution in [-0.2, 0) is 38.1 Å². The highest BCUT2D eigenvalue weighted by Crippen LogP contribution is 2.34. The molecular weight excluding hydrogens is 622 g/mol. The molecule has 15 atom stereocenters. The molecule has 6 unspecified atom stereocenters. The molecule has 9 N–H and O–H groups in total. The van der Waals surface area contributed by atoms with E-state index >= 15 is 0 Å². The predicted molar refractivity (Wildman–Crippen MR) is 147 cm³/mol. The van der Waals surface area contributed by atoms with Crippen LogP contribution in [0.2, 0.25) is 0 Å². The van der Waals surface area contributed by atoms with Gasteiger partial charge in [-0.25, -0.2) is 9.59 Å². The van der Waals surface area contributed by atoms with Gasteiger partial charge in [-0.1, -0.05) is 24.6 Å². The van der Waals surface area contributed by atoms with E-state index in [2.05, 4.69) is 5.32 Å².